The summed E-state index contributed by atoms with van der Waals surface area (Å²) in [4.78, 5) is 31.8. The molecule has 6 heteroatoms. The lowest BCUT2D eigenvalue weighted by molar-refractivity contribution is -0.114. The molecule has 22 heavy (non-hydrogen) atoms. The molecule has 1 aromatic heterocycles. The van der Waals surface area contributed by atoms with Gasteiger partial charge in [-0.2, -0.15) is 0 Å². The van der Waals surface area contributed by atoms with E-state index in [1.807, 2.05) is 24.3 Å². The first-order valence-electron chi connectivity index (χ1n) is 7.14. The first-order chi connectivity index (χ1) is 10.6. The maximum atomic E-state index is 12.3. The van der Waals surface area contributed by atoms with Crippen molar-refractivity contribution >= 4 is 34.0 Å². The number of hydrogen-bond donors (Lipinski definition) is 3. The van der Waals surface area contributed by atoms with E-state index in [2.05, 4.69) is 15.3 Å². The standard InChI is InChI=1S/C16H14N4O2/c17-12-7-11(21)14(20-12)9-5-6-18-16(22)15-13(9)8-3-1-2-4-10(8)19-15/h1-4,19H,5-7H2,(H2,17,20)(H,18,22)/b14-9-. The van der Waals surface area contributed by atoms with Gasteiger partial charge in [0.2, 0.25) is 0 Å². The highest BCUT2D eigenvalue weighted by atomic mass is 16.2. The quantitative estimate of drug-likeness (QED) is 0.639. The largest absolute Gasteiger partial charge is 0.387 e. The second-order valence-electron chi connectivity index (χ2n) is 5.46. The van der Waals surface area contributed by atoms with Crippen molar-refractivity contribution in [2.45, 2.75) is 12.8 Å². The van der Waals surface area contributed by atoms with Gasteiger partial charge in [-0.15, -0.1) is 0 Å². The number of aliphatic imine (C=N–C) groups is 1. The minimum atomic E-state index is -0.163. The number of aromatic nitrogens is 1. The van der Waals surface area contributed by atoms with E-state index in [1.54, 1.807) is 0 Å². The van der Waals surface area contributed by atoms with Crippen LogP contribution in [0.3, 0.4) is 0 Å². The number of nitrogens with one attached hydrogen (secondary N) is 2. The summed E-state index contributed by atoms with van der Waals surface area (Å²) in [5.41, 5.74) is 9.00. The van der Waals surface area contributed by atoms with Crippen LogP contribution in [0, 0.1) is 0 Å². The highest BCUT2D eigenvalue weighted by Crippen LogP contribution is 2.36. The predicted molar refractivity (Wildman–Crippen MR) is 83.4 cm³/mol. The lowest BCUT2D eigenvalue weighted by Gasteiger charge is -2.06. The molecule has 0 atom stereocenters. The molecule has 110 valence electrons. The maximum absolute atomic E-state index is 12.3. The number of para-hydroxylation sites is 1. The zero-order valence-electron chi connectivity index (χ0n) is 11.8. The van der Waals surface area contributed by atoms with Crippen LogP contribution in [-0.2, 0) is 4.79 Å². The van der Waals surface area contributed by atoms with Gasteiger partial charge in [-0.25, -0.2) is 4.99 Å². The van der Waals surface area contributed by atoms with Crippen LogP contribution in [0.2, 0.25) is 0 Å². The number of aromatic amines is 1. The van der Waals surface area contributed by atoms with E-state index in [9.17, 15) is 9.59 Å². The third-order valence-electron chi connectivity index (χ3n) is 4.04. The Bertz CT molecular complexity index is 889. The van der Waals surface area contributed by atoms with E-state index < -0.39 is 0 Å². The van der Waals surface area contributed by atoms with Crippen molar-refractivity contribution in [1.29, 1.82) is 0 Å². The van der Waals surface area contributed by atoms with Gasteiger partial charge in [0.25, 0.3) is 5.91 Å². The molecule has 4 rings (SSSR count). The third-order valence-corrected chi connectivity index (χ3v) is 4.04. The number of fused-ring (bicyclic) bond motifs is 3. The van der Waals surface area contributed by atoms with E-state index in [0.29, 0.717) is 30.2 Å². The van der Waals surface area contributed by atoms with E-state index in [4.69, 9.17) is 5.73 Å². The van der Waals surface area contributed by atoms with E-state index in [-0.39, 0.29) is 18.1 Å². The van der Waals surface area contributed by atoms with Gasteiger partial charge < -0.3 is 16.0 Å². The van der Waals surface area contributed by atoms with E-state index in [0.717, 1.165) is 22.0 Å². The number of carbonyl (C=O) groups is 2. The number of nitrogens with two attached hydrogens (primary N) is 1. The average molecular weight is 294 g/mol. The molecule has 0 saturated heterocycles. The SMILES string of the molecule is NC1=N/C(=C2/CCNC(=O)c3[nH]c4ccccc4c32)C(=O)C1. The van der Waals surface area contributed by atoms with E-state index >= 15 is 0 Å². The zero-order valence-corrected chi connectivity index (χ0v) is 11.8. The van der Waals surface area contributed by atoms with Crippen molar-refractivity contribution in [3.63, 3.8) is 0 Å². The summed E-state index contributed by atoms with van der Waals surface area (Å²) in [6.45, 7) is 0.469. The number of hydrogen-bond acceptors (Lipinski definition) is 4. The molecule has 3 heterocycles. The summed E-state index contributed by atoms with van der Waals surface area (Å²) in [5.74, 6) is 0.0831. The van der Waals surface area contributed by atoms with Crippen molar-refractivity contribution in [3.8, 4) is 0 Å². The molecule has 0 saturated carbocycles. The molecule has 4 N–H and O–H groups in total. The Kier molecular flexibility index (Phi) is 2.66. The first kappa shape index (κ1) is 12.8. The van der Waals surface area contributed by atoms with Crippen LogP contribution in [0.5, 0.6) is 0 Å². The minimum Gasteiger partial charge on any atom is -0.387 e. The van der Waals surface area contributed by atoms with Crippen LogP contribution in [-0.4, -0.2) is 29.1 Å². The Morgan fingerprint density at radius 1 is 1.18 bits per heavy atom. The Hall–Kier alpha value is -2.89. The molecule has 2 aliphatic rings. The Balaban J connectivity index is 2.08. The lowest BCUT2D eigenvalue weighted by Crippen LogP contribution is -2.22. The van der Waals surface area contributed by atoms with Gasteiger partial charge in [-0.05, 0) is 18.1 Å². The summed E-state index contributed by atoms with van der Waals surface area (Å²) >= 11 is 0. The van der Waals surface area contributed by atoms with Crippen molar-refractivity contribution in [1.82, 2.24) is 10.3 Å². The summed E-state index contributed by atoms with van der Waals surface area (Å²) < 4.78 is 0. The number of amides is 1. The van der Waals surface area contributed by atoms with Crippen molar-refractivity contribution in [2.75, 3.05) is 6.54 Å². The predicted octanol–water partition coefficient (Wildman–Crippen LogP) is 1.34. The van der Waals surface area contributed by atoms with Crippen molar-refractivity contribution < 1.29 is 9.59 Å². The molecule has 0 unspecified atom stereocenters. The van der Waals surface area contributed by atoms with Gasteiger partial charge in [-0.3, -0.25) is 9.59 Å². The average Bonchev–Trinajstić information content (AvgIpc) is 2.99. The number of allylic oxidation sites excluding steroid dienone is 1. The van der Waals surface area contributed by atoms with Gasteiger partial charge in [0.05, 0.1) is 6.42 Å². The Labute approximate surface area is 126 Å². The van der Waals surface area contributed by atoms with Crippen LogP contribution >= 0.6 is 0 Å². The zero-order chi connectivity index (χ0) is 15.3. The molecule has 0 fully saturated rings. The van der Waals surface area contributed by atoms with Crippen molar-refractivity contribution in [2.24, 2.45) is 10.7 Å². The fourth-order valence-electron chi connectivity index (χ4n) is 3.11. The number of carbonyl (C=O) groups excluding carboxylic acids is 2. The monoisotopic (exact) mass is 294 g/mol. The lowest BCUT2D eigenvalue weighted by atomic mass is 9.96. The molecule has 2 aliphatic heterocycles. The van der Waals surface area contributed by atoms with Crippen molar-refractivity contribution in [3.05, 3.63) is 41.2 Å². The van der Waals surface area contributed by atoms with Gasteiger partial charge in [0.15, 0.2) is 5.78 Å². The summed E-state index contributed by atoms with van der Waals surface area (Å²) in [6.07, 6.45) is 0.705. The number of ketones is 1. The Morgan fingerprint density at radius 2 is 2.00 bits per heavy atom. The molecule has 0 bridgehead atoms. The molecular formula is C16H14N4O2. The van der Waals surface area contributed by atoms with Crippen LogP contribution in [0.25, 0.3) is 16.5 Å². The topological polar surface area (TPSA) is 100 Å². The molecule has 0 aliphatic carbocycles. The van der Waals surface area contributed by atoms with Gasteiger partial charge >= 0.3 is 0 Å². The molecule has 0 radical (unpaired) electrons. The molecule has 6 nitrogen and oxygen atoms in total. The number of H-pyrrole nitrogens is 1. The maximum Gasteiger partial charge on any atom is 0.268 e. The van der Waals surface area contributed by atoms with Gasteiger partial charge in [-0.1, -0.05) is 18.2 Å². The van der Waals surface area contributed by atoms with Gasteiger partial charge in [0, 0.05) is 23.0 Å². The number of rotatable bonds is 0. The van der Waals surface area contributed by atoms with Crippen LogP contribution in [0.15, 0.2) is 35.0 Å². The first-order valence-corrected chi connectivity index (χ1v) is 7.14. The molecule has 0 spiro atoms. The van der Waals surface area contributed by atoms with Crippen LogP contribution < -0.4 is 11.1 Å². The second kappa shape index (κ2) is 4.56. The minimum absolute atomic E-state index is 0.0851. The molecule has 1 aromatic carbocycles. The fraction of sp³-hybridized carbons (Fsp3) is 0.188. The highest BCUT2D eigenvalue weighted by molar-refractivity contribution is 6.20. The summed E-state index contributed by atoms with van der Waals surface area (Å²) in [5, 5.41) is 3.77. The number of amidine groups is 1. The number of benzene rings is 1. The van der Waals surface area contributed by atoms with Gasteiger partial charge in [0.1, 0.15) is 17.2 Å². The normalized spacial score (nSPS) is 21.5. The smallest absolute Gasteiger partial charge is 0.268 e. The van der Waals surface area contributed by atoms with Crippen LogP contribution in [0.1, 0.15) is 28.9 Å². The second-order valence-corrected chi connectivity index (χ2v) is 5.46. The molecule has 1 amide bonds. The third kappa shape index (κ3) is 1.77. The number of Topliss-reactive ketones (excluding diaryl/α,β-unsaturated/α-hetero) is 1. The summed E-state index contributed by atoms with van der Waals surface area (Å²) in [7, 11) is 0. The Morgan fingerprint density at radius 3 is 2.77 bits per heavy atom. The molecule has 2 aromatic rings. The highest BCUT2D eigenvalue weighted by Gasteiger charge is 2.30. The van der Waals surface area contributed by atoms with Crippen LogP contribution in [0.4, 0.5) is 0 Å². The van der Waals surface area contributed by atoms with E-state index in [1.165, 1.54) is 0 Å². The number of nitrogens with zero attached hydrogens (tertiary/aromatic N) is 1. The molecular weight excluding hydrogens is 280 g/mol. The summed E-state index contributed by atoms with van der Waals surface area (Å²) in [6, 6.07) is 7.67. The fourth-order valence-corrected chi connectivity index (χ4v) is 3.11.